The van der Waals surface area contributed by atoms with Gasteiger partial charge in [0.2, 0.25) is 0 Å². The molecule has 2 saturated heterocycles. The normalized spacial score (nSPS) is 26.1. The van der Waals surface area contributed by atoms with Crippen molar-refractivity contribution in [2.75, 3.05) is 33.0 Å². The highest BCUT2D eigenvalue weighted by atomic mass is 16.7. The third kappa shape index (κ3) is 30.6. The lowest BCUT2D eigenvalue weighted by Gasteiger charge is -2.42. The summed E-state index contributed by atoms with van der Waals surface area (Å²) in [5.74, 6) is -0.510. The number of esters is 1. The molecule has 0 amide bonds. The molecule has 14 nitrogen and oxygen atoms in total. The molecule has 2 aliphatic heterocycles. The summed E-state index contributed by atoms with van der Waals surface area (Å²) in [7, 11) is 0. The standard InChI is InChI=1S/C57H94O14/c1-3-5-7-9-11-13-15-17-19-20-21-22-23-24-25-27-29-31-33-35-37-39-41-66-43-46(69-49(59)40-38-36-34-32-30-28-26-18-16-14-12-10-8-6-4-2)44-67-56-55(65)53(63)51(61)48(71-56)45-68-57-54(64)52(62)50(60)47(42-58)70-57/h6,8,12,14-15,17-18,20-21,23-24,26,30,32,36,38,46-48,50-58,60-65H,3-5,7,9-11,13,16,19,22,25,27-29,31,33-35,37,39-45H2,1-2H3/b8-6-,14-12-,17-15-,21-20-,24-23-,26-18-,32-30-,38-36-. The Balaban J connectivity index is 1.78. The Bertz CT molecular complexity index is 1540. The Morgan fingerprint density at radius 2 is 0.915 bits per heavy atom. The third-order valence-electron chi connectivity index (χ3n) is 12.1. The van der Waals surface area contributed by atoms with Crippen LogP contribution in [-0.2, 0) is 33.2 Å². The molecule has 0 radical (unpaired) electrons. The highest BCUT2D eigenvalue weighted by Crippen LogP contribution is 2.26. The highest BCUT2D eigenvalue weighted by molar-refractivity contribution is 5.71. The monoisotopic (exact) mass is 1000 g/mol. The zero-order valence-electron chi connectivity index (χ0n) is 43.2. The lowest BCUT2D eigenvalue weighted by molar-refractivity contribution is -0.332. The number of allylic oxidation sites excluding steroid dienone is 15. The van der Waals surface area contributed by atoms with Crippen LogP contribution in [0.3, 0.4) is 0 Å². The number of hydrogen-bond donors (Lipinski definition) is 7. The van der Waals surface area contributed by atoms with Gasteiger partial charge in [0.1, 0.15) is 54.9 Å². The average Bonchev–Trinajstić information content (AvgIpc) is 3.37. The fourth-order valence-electron chi connectivity index (χ4n) is 7.78. The van der Waals surface area contributed by atoms with Crippen LogP contribution in [0.1, 0.15) is 155 Å². The van der Waals surface area contributed by atoms with Gasteiger partial charge >= 0.3 is 5.97 Å². The smallest absolute Gasteiger partial charge is 0.310 e. The fourth-order valence-corrected chi connectivity index (χ4v) is 7.78. The molecule has 71 heavy (non-hydrogen) atoms. The van der Waals surface area contributed by atoms with Gasteiger partial charge in [0.05, 0.1) is 32.8 Å². The summed E-state index contributed by atoms with van der Waals surface area (Å²) in [6.45, 7) is 3.38. The fraction of sp³-hybridized carbons (Fsp3) is 0.702. The third-order valence-corrected chi connectivity index (χ3v) is 12.1. The quantitative estimate of drug-likeness (QED) is 0.0174. The van der Waals surface area contributed by atoms with Gasteiger partial charge in [-0.2, -0.15) is 0 Å². The number of carbonyl (C=O) groups excluding carboxylic acids is 1. The summed E-state index contributed by atoms with van der Waals surface area (Å²) >= 11 is 0. The van der Waals surface area contributed by atoms with Crippen molar-refractivity contribution in [3.63, 3.8) is 0 Å². The van der Waals surface area contributed by atoms with Crippen LogP contribution >= 0.6 is 0 Å². The molecule has 2 rings (SSSR count). The second kappa shape index (κ2) is 43.3. The maximum absolute atomic E-state index is 13.0. The van der Waals surface area contributed by atoms with Crippen LogP contribution in [0.15, 0.2) is 97.2 Å². The van der Waals surface area contributed by atoms with E-state index in [1.165, 1.54) is 57.8 Å². The zero-order chi connectivity index (χ0) is 51.6. The Labute approximate surface area is 426 Å². The second-order valence-electron chi connectivity index (χ2n) is 18.3. The SMILES string of the molecule is CC/C=C\C/C=C\C/C=C\C/C=C\C/C=C\CC(=O)OC(COCCCCCCCCC/C=C\C/C=C\C/C=C\CCCCCCC)COC1OC(COC2OC(CO)C(O)C(O)C2O)C(O)C(O)C1O. The summed E-state index contributed by atoms with van der Waals surface area (Å²) < 4.78 is 34.1. The molecule has 0 spiro atoms. The molecule has 0 aromatic heterocycles. The predicted octanol–water partition coefficient (Wildman–Crippen LogP) is 8.63. The molecular weight excluding hydrogens is 909 g/mol. The van der Waals surface area contributed by atoms with Gasteiger partial charge in [-0.25, -0.2) is 0 Å². The van der Waals surface area contributed by atoms with Gasteiger partial charge in [-0.3, -0.25) is 4.79 Å². The first-order chi connectivity index (χ1) is 34.6. The molecule has 406 valence electrons. The van der Waals surface area contributed by atoms with Gasteiger partial charge in [0.25, 0.3) is 0 Å². The zero-order valence-corrected chi connectivity index (χ0v) is 43.2. The van der Waals surface area contributed by atoms with Crippen LogP contribution < -0.4 is 0 Å². The van der Waals surface area contributed by atoms with Crippen LogP contribution in [-0.4, -0.2) is 142 Å². The summed E-state index contributed by atoms with van der Waals surface area (Å²) in [6.07, 6.45) is 40.7. The minimum atomic E-state index is -1.73. The number of unbranched alkanes of at least 4 members (excludes halogenated alkanes) is 12. The Morgan fingerprint density at radius 3 is 1.44 bits per heavy atom. The van der Waals surface area contributed by atoms with Crippen molar-refractivity contribution in [2.45, 2.75) is 223 Å². The first-order valence-corrected chi connectivity index (χ1v) is 26.8. The Morgan fingerprint density at radius 1 is 0.479 bits per heavy atom. The molecule has 2 aliphatic rings. The molecule has 11 atom stereocenters. The Kier molecular flexibility index (Phi) is 39.1. The maximum atomic E-state index is 13.0. The van der Waals surface area contributed by atoms with Crippen LogP contribution in [0.25, 0.3) is 0 Å². The molecule has 0 aliphatic carbocycles. The summed E-state index contributed by atoms with van der Waals surface area (Å²) in [6, 6.07) is 0. The van der Waals surface area contributed by atoms with Gasteiger partial charge in [0.15, 0.2) is 12.6 Å². The number of hydrogen-bond acceptors (Lipinski definition) is 14. The van der Waals surface area contributed by atoms with Crippen molar-refractivity contribution < 1.29 is 69.0 Å². The second-order valence-corrected chi connectivity index (χ2v) is 18.3. The molecule has 11 unspecified atom stereocenters. The number of aliphatic hydroxyl groups is 7. The largest absolute Gasteiger partial charge is 0.457 e. The molecule has 0 saturated carbocycles. The summed E-state index contributed by atoms with van der Waals surface area (Å²) in [5.41, 5.74) is 0. The van der Waals surface area contributed by atoms with Crippen LogP contribution in [0.5, 0.6) is 0 Å². The number of aliphatic hydroxyl groups excluding tert-OH is 7. The van der Waals surface area contributed by atoms with Crippen LogP contribution in [0, 0.1) is 0 Å². The van der Waals surface area contributed by atoms with Crippen molar-refractivity contribution in [3.8, 4) is 0 Å². The van der Waals surface area contributed by atoms with Gasteiger partial charge in [0, 0.05) is 6.61 Å². The molecule has 0 bridgehead atoms. The van der Waals surface area contributed by atoms with Gasteiger partial charge in [-0.05, 0) is 77.0 Å². The van der Waals surface area contributed by atoms with Crippen molar-refractivity contribution in [3.05, 3.63) is 97.2 Å². The minimum Gasteiger partial charge on any atom is -0.457 e. The van der Waals surface area contributed by atoms with E-state index in [-0.39, 0.29) is 19.6 Å². The highest BCUT2D eigenvalue weighted by Gasteiger charge is 2.47. The van der Waals surface area contributed by atoms with E-state index in [0.717, 1.165) is 70.6 Å². The van der Waals surface area contributed by atoms with Crippen LogP contribution in [0.2, 0.25) is 0 Å². The molecule has 7 N–H and O–H groups in total. The van der Waals surface area contributed by atoms with Crippen molar-refractivity contribution in [1.29, 1.82) is 0 Å². The van der Waals surface area contributed by atoms with Gasteiger partial charge in [-0.15, -0.1) is 0 Å². The van der Waals surface area contributed by atoms with E-state index in [1.54, 1.807) is 6.08 Å². The first-order valence-electron chi connectivity index (χ1n) is 26.8. The molecule has 0 aromatic rings. The molecule has 14 heteroatoms. The molecule has 0 aromatic carbocycles. The predicted molar refractivity (Wildman–Crippen MR) is 279 cm³/mol. The molecule has 2 fully saturated rings. The maximum Gasteiger partial charge on any atom is 0.310 e. The van der Waals surface area contributed by atoms with Crippen molar-refractivity contribution in [2.24, 2.45) is 0 Å². The minimum absolute atomic E-state index is 0.00859. The van der Waals surface area contributed by atoms with E-state index in [4.69, 9.17) is 28.4 Å². The lowest BCUT2D eigenvalue weighted by Crippen LogP contribution is -2.61. The number of ether oxygens (including phenoxy) is 6. The number of rotatable bonds is 41. The summed E-state index contributed by atoms with van der Waals surface area (Å²) in [4.78, 5) is 13.0. The average molecular weight is 1000 g/mol. The van der Waals surface area contributed by atoms with Crippen LogP contribution in [0.4, 0.5) is 0 Å². The van der Waals surface area contributed by atoms with Crippen molar-refractivity contribution >= 4 is 5.97 Å². The van der Waals surface area contributed by atoms with E-state index in [1.807, 2.05) is 12.2 Å². The number of carbonyl (C=O) groups is 1. The Hall–Kier alpha value is -3.09. The van der Waals surface area contributed by atoms with E-state index in [2.05, 4.69) is 92.8 Å². The lowest BCUT2D eigenvalue weighted by atomic mass is 9.98. The molecular formula is C57H94O14. The van der Waals surface area contributed by atoms with E-state index in [9.17, 15) is 40.5 Å². The summed E-state index contributed by atoms with van der Waals surface area (Å²) in [5, 5.41) is 72.2. The van der Waals surface area contributed by atoms with E-state index >= 15 is 0 Å². The van der Waals surface area contributed by atoms with Crippen molar-refractivity contribution in [1.82, 2.24) is 0 Å². The van der Waals surface area contributed by atoms with Gasteiger partial charge < -0.3 is 64.2 Å². The first kappa shape index (κ1) is 64.0. The topological polar surface area (TPSA) is 214 Å². The van der Waals surface area contributed by atoms with E-state index < -0.39 is 86.7 Å². The van der Waals surface area contributed by atoms with Gasteiger partial charge in [-0.1, -0.05) is 169 Å². The van der Waals surface area contributed by atoms with E-state index in [0.29, 0.717) is 13.0 Å². The molecule has 2 heterocycles.